The normalized spacial score (nSPS) is 11.8. The van der Waals surface area contributed by atoms with Crippen molar-refractivity contribution in [3.05, 3.63) is 34.6 Å². The van der Waals surface area contributed by atoms with Crippen LogP contribution in [0.25, 0.3) is 0 Å². The predicted octanol–water partition coefficient (Wildman–Crippen LogP) is 2.79. The highest BCUT2D eigenvalue weighted by Gasteiger charge is 2.29. The van der Waals surface area contributed by atoms with Gasteiger partial charge in [-0.2, -0.15) is 0 Å². The second-order valence-electron chi connectivity index (χ2n) is 4.46. The highest BCUT2D eigenvalue weighted by atomic mass is 35.5. The van der Waals surface area contributed by atoms with Crippen LogP contribution in [-0.2, 0) is 6.42 Å². The fourth-order valence-electron chi connectivity index (χ4n) is 2.03. The van der Waals surface area contributed by atoms with E-state index in [9.17, 15) is 14.6 Å². The summed E-state index contributed by atoms with van der Waals surface area (Å²) >= 11 is 5.88. The Morgan fingerprint density at radius 1 is 1.29 bits per heavy atom. The molecule has 1 rings (SSSR count). The molecule has 17 heavy (non-hydrogen) atoms. The van der Waals surface area contributed by atoms with Gasteiger partial charge in [-0.3, -0.25) is 0 Å². The molecule has 0 radical (unpaired) electrons. The zero-order chi connectivity index (χ0) is 12.9. The number of aliphatic hydroxyl groups excluding tert-OH is 2. The molecular formula is C13H18ClFO2. The van der Waals surface area contributed by atoms with Crippen LogP contribution in [0.3, 0.4) is 0 Å². The van der Waals surface area contributed by atoms with E-state index in [0.29, 0.717) is 18.4 Å². The summed E-state index contributed by atoms with van der Waals surface area (Å²) < 4.78 is 13.3. The molecule has 0 aliphatic rings. The Hall–Kier alpha value is -0.640. The zero-order valence-corrected chi connectivity index (χ0v) is 10.7. The van der Waals surface area contributed by atoms with Crippen LogP contribution in [0.2, 0.25) is 5.02 Å². The minimum atomic E-state index is -0.619. The molecule has 0 heterocycles. The molecule has 96 valence electrons. The Balaban J connectivity index is 2.97. The maximum Gasteiger partial charge on any atom is 0.142 e. The summed E-state index contributed by atoms with van der Waals surface area (Å²) in [7, 11) is 0. The summed E-state index contributed by atoms with van der Waals surface area (Å²) in [5, 5.41) is 18.9. The molecular weight excluding hydrogens is 243 g/mol. The van der Waals surface area contributed by atoms with Crippen molar-refractivity contribution in [3.63, 3.8) is 0 Å². The van der Waals surface area contributed by atoms with E-state index in [1.54, 1.807) is 12.1 Å². The SMILES string of the molecule is CCCC(CO)(CO)Cc1cccc(F)c1Cl. The van der Waals surface area contributed by atoms with Crippen molar-refractivity contribution in [2.45, 2.75) is 26.2 Å². The van der Waals surface area contributed by atoms with Crippen LogP contribution in [0.4, 0.5) is 4.39 Å². The van der Waals surface area contributed by atoms with Crippen LogP contribution < -0.4 is 0 Å². The molecule has 2 N–H and O–H groups in total. The Labute approximate surface area is 106 Å². The first kappa shape index (κ1) is 14.4. The van der Waals surface area contributed by atoms with Gasteiger partial charge in [-0.1, -0.05) is 37.1 Å². The van der Waals surface area contributed by atoms with Crippen molar-refractivity contribution >= 4 is 11.6 Å². The molecule has 0 saturated heterocycles. The molecule has 2 nitrogen and oxygen atoms in total. The highest BCUT2D eigenvalue weighted by molar-refractivity contribution is 6.31. The number of hydrogen-bond donors (Lipinski definition) is 2. The van der Waals surface area contributed by atoms with Gasteiger partial charge in [0.25, 0.3) is 0 Å². The number of rotatable bonds is 6. The lowest BCUT2D eigenvalue weighted by Gasteiger charge is -2.30. The second-order valence-corrected chi connectivity index (χ2v) is 4.83. The van der Waals surface area contributed by atoms with Gasteiger partial charge in [-0.05, 0) is 24.5 Å². The van der Waals surface area contributed by atoms with E-state index in [4.69, 9.17) is 11.6 Å². The standard InChI is InChI=1S/C13H18ClFO2/c1-2-6-13(8-16,9-17)7-10-4-3-5-11(15)12(10)14/h3-5,16-17H,2,6-9H2,1H3. The van der Waals surface area contributed by atoms with Crippen LogP contribution in [0.15, 0.2) is 18.2 Å². The summed E-state index contributed by atoms with van der Waals surface area (Å²) in [6, 6.07) is 4.61. The average Bonchev–Trinajstić information content (AvgIpc) is 2.34. The van der Waals surface area contributed by atoms with Crippen LogP contribution in [-0.4, -0.2) is 23.4 Å². The monoisotopic (exact) mass is 260 g/mol. The predicted molar refractivity (Wildman–Crippen MR) is 66.6 cm³/mol. The van der Waals surface area contributed by atoms with Crippen LogP contribution >= 0.6 is 11.6 Å². The first-order chi connectivity index (χ1) is 8.08. The first-order valence-corrected chi connectivity index (χ1v) is 6.11. The Bertz CT molecular complexity index is 364. The van der Waals surface area contributed by atoms with Gasteiger partial charge >= 0.3 is 0 Å². The van der Waals surface area contributed by atoms with E-state index >= 15 is 0 Å². The fraction of sp³-hybridized carbons (Fsp3) is 0.538. The number of hydrogen-bond acceptors (Lipinski definition) is 2. The van der Waals surface area contributed by atoms with Gasteiger partial charge in [0.1, 0.15) is 5.82 Å². The Morgan fingerprint density at radius 3 is 2.47 bits per heavy atom. The van der Waals surface area contributed by atoms with Crippen molar-refractivity contribution in [2.24, 2.45) is 5.41 Å². The molecule has 0 aliphatic carbocycles. The lowest BCUT2D eigenvalue weighted by atomic mass is 9.79. The third-order valence-electron chi connectivity index (χ3n) is 3.05. The van der Waals surface area contributed by atoms with Crippen molar-refractivity contribution in [1.29, 1.82) is 0 Å². The van der Waals surface area contributed by atoms with E-state index in [0.717, 1.165) is 6.42 Å². The molecule has 0 spiro atoms. The summed E-state index contributed by atoms with van der Waals surface area (Å²) in [5.41, 5.74) is 0.00911. The minimum absolute atomic E-state index is 0.0786. The molecule has 0 amide bonds. The lowest BCUT2D eigenvalue weighted by molar-refractivity contribution is 0.0466. The quantitative estimate of drug-likeness (QED) is 0.826. The van der Waals surface area contributed by atoms with Gasteiger partial charge in [0, 0.05) is 5.41 Å². The zero-order valence-electron chi connectivity index (χ0n) is 9.92. The summed E-state index contributed by atoms with van der Waals surface area (Å²) in [6.07, 6.45) is 1.89. The molecule has 0 saturated carbocycles. The lowest BCUT2D eigenvalue weighted by Crippen LogP contribution is -2.32. The maximum atomic E-state index is 13.3. The third-order valence-corrected chi connectivity index (χ3v) is 3.47. The van der Waals surface area contributed by atoms with E-state index in [-0.39, 0.29) is 18.2 Å². The Kier molecular flexibility index (Phi) is 5.37. The summed E-state index contributed by atoms with van der Waals surface area (Å²) in [4.78, 5) is 0. The maximum absolute atomic E-state index is 13.3. The molecule has 0 aromatic heterocycles. The summed E-state index contributed by atoms with van der Waals surface area (Å²) in [5.74, 6) is -0.467. The van der Waals surface area contributed by atoms with Gasteiger partial charge in [-0.25, -0.2) is 4.39 Å². The van der Waals surface area contributed by atoms with Crippen molar-refractivity contribution in [3.8, 4) is 0 Å². The molecule has 0 aliphatic heterocycles. The van der Waals surface area contributed by atoms with Crippen LogP contribution in [0.5, 0.6) is 0 Å². The molecule has 0 fully saturated rings. The van der Waals surface area contributed by atoms with Gasteiger partial charge in [0.2, 0.25) is 0 Å². The second kappa shape index (κ2) is 6.34. The largest absolute Gasteiger partial charge is 0.396 e. The van der Waals surface area contributed by atoms with Crippen LogP contribution in [0, 0.1) is 11.2 Å². The number of benzene rings is 1. The smallest absolute Gasteiger partial charge is 0.142 e. The average molecular weight is 261 g/mol. The van der Waals surface area contributed by atoms with E-state index in [1.165, 1.54) is 6.07 Å². The molecule has 4 heteroatoms. The molecule has 0 unspecified atom stereocenters. The van der Waals surface area contributed by atoms with Gasteiger partial charge in [0.15, 0.2) is 0 Å². The Morgan fingerprint density at radius 2 is 1.94 bits per heavy atom. The number of aliphatic hydroxyl groups is 2. The van der Waals surface area contributed by atoms with Gasteiger partial charge < -0.3 is 10.2 Å². The molecule has 0 bridgehead atoms. The minimum Gasteiger partial charge on any atom is -0.396 e. The summed E-state index contributed by atoms with van der Waals surface area (Å²) in [6.45, 7) is 1.71. The molecule has 0 atom stereocenters. The van der Waals surface area contributed by atoms with E-state index in [2.05, 4.69) is 0 Å². The molecule has 1 aromatic carbocycles. The van der Waals surface area contributed by atoms with Crippen molar-refractivity contribution in [2.75, 3.05) is 13.2 Å². The third kappa shape index (κ3) is 3.41. The molecule has 1 aromatic rings. The first-order valence-electron chi connectivity index (χ1n) is 5.73. The van der Waals surface area contributed by atoms with Crippen molar-refractivity contribution < 1.29 is 14.6 Å². The van der Waals surface area contributed by atoms with E-state index in [1.807, 2.05) is 6.92 Å². The topological polar surface area (TPSA) is 40.5 Å². The van der Waals surface area contributed by atoms with Crippen molar-refractivity contribution in [1.82, 2.24) is 0 Å². The van der Waals surface area contributed by atoms with E-state index < -0.39 is 11.2 Å². The number of halogens is 2. The fourth-order valence-corrected chi connectivity index (χ4v) is 2.22. The highest BCUT2D eigenvalue weighted by Crippen LogP contribution is 2.31. The van der Waals surface area contributed by atoms with Crippen LogP contribution in [0.1, 0.15) is 25.3 Å². The van der Waals surface area contributed by atoms with Gasteiger partial charge in [-0.15, -0.1) is 0 Å². The van der Waals surface area contributed by atoms with Gasteiger partial charge in [0.05, 0.1) is 18.2 Å².